The zero-order valence-electron chi connectivity index (χ0n) is 16.9. The lowest BCUT2D eigenvalue weighted by molar-refractivity contribution is -0.143. The lowest BCUT2D eigenvalue weighted by atomic mass is 10.1. The highest BCUT2D eigenvalue weighted by Crippen LogP contribution is 2.42. The van der Waals surface area contributed by atoms with Crippen molar-refractivity contribution in [2.75, 3.05) is 30.9 Å². The van der Waals surface area contributed by atoms with E-state index in [0.717, 1.165) is 11.3 Å². The molecule has 1 aromatic heterocycles. The number of methoxy groups -OCH3 is 1. The Hall–Kier alpha value is -3.89. The molecule has 2 heterocycles. The molecule has 168 valence electrons. The summed E-state index contributed by atoms with van der Waals surface area (Å²) < 4.78 is 52.4. The number of alkyl halides is 3. The van der Waals surface area contributed by atoms with Gasteiger partial charge in [-0.25, -0.2) is 9.48 Å². The third kappa shape index (κ3) is 4.01. The number of carboxylic acids is 1. The largest absolute Gasteiger partial charge is 0.497 e. The van der Waals surface area contributed by atoms with Crippen LogP contribution in [0, 0.1) is 0 Å². The van der Waals surface area contributed by atoms with Crippen molar-refractivity contribution in [1.29, 1.82) is 0 Å². The van der Waals surface area contributed by atoms with Gasteiger partial charge in [-0.1, -0.05) is 12.1 Å². The van der Waals surface area contributed by atoms with Gasteiger partial charge >= 0.3 is 12.1 Å². The first-order valence-electron chi connectivity index (χ1n) is 9.59. The van der Waals surface area contributed by atoms with Gasteiger partial charge in [0, 0.05) is 13.1 Å². The first kappa shape index (κ1) is 21.3. The van der Waals surface area contributed by atoms with Crippen LogP contribution in [0.15, 0.2) is 42.6 Å². The fraction of sp³-hybridized carbons (Fsp3) is 0.238. The molecule has 0 spiro atoms. The maximum Gasteiger partial charge on any atom is 0.434 e. The first-order chi connectivity index (χ1) is 15.3. The second kappa shape index (κ2) is 8.33. The number of nitrogens with one attached hydrogen (secondary N) is 2. The third-order valence-corrected chi connectivity index (χ3v) is 4.93. The molecule has 0 saturated heterocycles. The number of ether oxygens (including phenoxy) is 2. The summed E-state index contributed by atoms with van der Waals surface area (Å²) in [5.41, 5.74) is -0.252. The topological polar surface area (TPSA) is 97.6 Å². The van der Waals surface area contributed by atoms with E-state index in [1.54, 1.807) is 13.2 Å². The van der Waals surface area contributed by atoms with E-state index in [-0.39, 0.29) is 18.0 Å². The minimum absolute atomic E-state index is 0.0120. The predicted octanol–water partition coefficient (Wildman–Crippen LogP) is 4.01. The van der Waals surface area contributed by atoms with Crippen LogP contribution in [0.4, 0.5) is 24.5 Å². The van der Waals surface area contributed by atoms with E-state index in [9.17, 15) is 18.0 Å². The number of fused-ring (bicyclic) bond motifs is 1. The monoisotopic (exact) mass is 448 g/mol. The minimum atomic E-state index is -4.93. The number of rotatable bonds is 6. The molecule has 0 saturated carbocycles. The highest BCUT2D eigenvalue weighted by molar-refractivity contribution is 5.89. The van der Waals surface area contributed by atoms with Crippen molar-refractivity contribution in [2.24, 2.45) is 0 Å². The highest BCUT2D eigenvalue weighted by atomic mass is 19.4. The van der Waals surface area contributed by atoms with Gasteiger partial charge in [0.1, 0.15) is 29.3 Å². The van der Waals surface area contributed by atoms with Gasteiger partial charge in [0.25, 0.3) is 0 Å². The number of aromatic carboxylic acids is 1. The molecule has 3 N–H and O–H groups in total. The summed E-state index contributed by atoms with van der Waals surface area (Å²) in [4.78, 5) is 11.3. The van der Waals surface area contributed by atoms with Gasteiger partial charge in [-0.15, -0.1) is 0 Å². The Labute approximate surface area is 180 Å². The molecule has 0 bridgehead atoms. The Bertz CT molecular complexity index is 1140. The zero-order chi connectivity index (χ0) is 22.9. The van der Waals surface area contributed by atoms with E-state index in [4.69, 9.17) is 14.6 Å². The number of hydrogen-bond donors (Lipinski definition) is 3. The summed E-state index contributed by atoms with van der Waals surface area (Å²) in [6, 6.07) is 10.4. The Morgan fingerprint density at radius 1 is 1.28 bits per heavy atom. The summed E-state index contributed by atoms with van der Waals surface area (Å²) in [6.07, 6.45) is -4.24. The van der Waals surface area contributed by atoms with Gasteiger partial charge in [-0.05, 0) is 29.8 Å². The van der Waals surface area contributed by atoms with Crippen LogP contribution >= 0.6 is 0 Å². The van der Waals surface area contributed by atoms with Gasteiger partial charge in [0.2, 0.25) is 0 Å². The molecule has 8 nitrogen and oxygen atoms in total. The Balaban J connectivity index is 1.71. The zero-order valence-corrected chi connectivity index (χ0v) is 16.9. The minimum Gasteiger partial charge on any atom is -0.497 e. The molecule has 0 amide bonds. The van der Waals surface area contributed by atoms with E-state index < -0.39 is 23.4 Å². The number of benzene rings is 2. The average Bonchev–Trinajstić information content (AvgIpc) is 3.24. The molecule has 11 heteroatoms. The summed E-state index contributed by atoms with van der Waals surface area (Å²) in [5.74, 6) is -0.832. The van der Waals surface area contributed by atoms with Crippen LogP contribution in [0.25, 0.3) is 5.69 Å². The number of hydrogen-bond acceptors (Lipinski definition) is 6. The van der Waals surface area contributed by atoms with Gasteiger partial charge in [0.15, 0.2) is 11.4 Å². The summed E-state index contributed by atoms with van der Waals surface area (Å²) >= 11 is 0. The molecule has 1 aliphatic heterocycles. The van der Waals surface area contributed by atoms with Crippen molar-refractivity contribution >= 4 is 17.3 Å². The Morgan fingerprint density at radius 2 is 2.03 bits per heavy atom. The molecule has 2 aromatic carbocycles. The lowest BCUT2D eigenvalue weighted by Crippen LogP contribution is -2.23. The second-order valence-electron chi connectivity index (χ2n) is 6.93. The van der Waals surface area contributed by atoms with Gasteiger partial charge in [-0.3, -0.25) is 0 Å². The van der Waals surface area contributed by atoms with Gasteiger partial charge in [0.05, 0.1) is 19.0 Å². The smallest absolute Gasteiger partial charge is 0.434 e. The number of aromatic nitrogens is 2. The molecule has 4 rings (SSSR count). The fourth-order valence-corrected chi connectivity index (χ4v) is 3.44. The van der Waals surface area contributed by atoms with Crippen LogP contribution in [0.1, 0.15) is 21.6 Å². The number of halogens is 3. The predicted molar refractivity (Wildman–Crippen MR) is 110 cm³/mol. The molecular weight excluding hydrogens is 429 g/mol. The van der Waals surface area contributed by atoms with Crippen molar-refractivity contribution < 1.29 is 32.5 Å². The number of carboxylic acid groups (broad SMARTS) is 1. The number of carbonyl (C=O) groups is 1. The standard InChI is InChI=1S/C21H19F3N4O4/c1-31-13-4-2-12(3-5-13)10-26-15-6-7-16(18-17(15)25-8-9-32-18)28-19(21(22,23)24)14(11-27-28)20(29)30/h2-7,11,25-26H,8-10H2,1H3,(H,29,30). The Kier molecular flexibility index (Phi) is 5.56. The molecule has 0 atom stereocenters. The van der Waals surface area contributed by atoms with Crippen molar-refractivity contribution in [3.05, 3.63) is 59.4 Å². The third-order valence-electron chi connectivity index (χ3n) is 4.93. The van der Waals surface area contributed by atoms with Crippen molar-refractivity contribution in [1.82, 2.24) is 9.78 Å². The van der Waals surface area contributed by atoms with E-state index in [0.29, 0.717) is 35.3 Å². The molecule has 0 radical (unpaired) electrons. The summed E-state index contributed by atoms with van der Waals surface area (Å²) in [7, 11) is 1.58. The molecule has 0 unspecified atom stereocenters. The quantitative estimate of drug-likeness (QED) is 0.524. The number of nitrogens with zero attached hydrogens (tertiary/aromatic N) is 2. The van der Waals surface area contributed by atoms with Crippen LogP contribution in [-0.4, -0.2) is 41.1 Å². The molecular formula is C21H19F3N4O4. The van der Waals surface area contributed by atoms with E-state index >= 15 is 0 Å². The summed E-state index contributed by atoms with van der Waals surface area (Å²) in [5, 5.41) is 19.2. The molecule has 3 aromatic rings. The van der Waals surface area contributed by atoms with Crippen molar-refractivity contribution in [3.63, 3.8) is 0 Å². The maximum absolute atomic E-state index is 13.7. The van der Waals surface area contributed by atoms with Crippen LogP contribution in [0.5, 0.6) is 11.5 Å². The van der Waals surface area contributed by atoms with Gasteiger partial charge in [-0.2, -0.15) is 18.3 Å². The van der Waals surface area contributed by atoms with Crippen molar-refractivity contribution in [2.45, 2.75) is 12.7 Å². The molecule has 1 aliphatic rings. The molecule has 32 heavy (non-hydrogen) atoms. The maximum atomic E-state index is 13.7. The van der Waals surface area contributed by atoms with Crippen LogP contribution in [0.2, 0.25) is 0 Å². The molecule has 0 fully saturated rings. The van der Waals surface area contributed by atoms with E-state index in [1.807, 2.05) is 24.3 Å². The Morgan fingerprint density at radius 3 is 2.69 bits per heavy atom. The molecule has 0 aliphatic carbocycles. The fourth-order valence-electron chi connectivity index (χ4n) is 3.44. The van der Waals surface area contributed by atoms with Gasteiger partial charge < -0.3 is 25.2 Å². The van der Waals surface area contributed by atoms with Crippen LogP contribution < -0.4 is 20.1 Å². The second-order valence-corrected chi connectivity index (χ2v) is 6.93. The normalized spacial score (nSPS) is 13.0. The SMILES string of the molecule is COc1ccc(CNc2ccc(-n3ncc(C(=O)O)c3C(F)(F)F)c3c2NCCO3)cc1. The highest BCUT2D eigenvalue weighted by Gasteiger charge is 2.41. The van der Waals surface area contributed by atoms with Crippen LogP contribution in [0.3, 0.4) is 0 Å². The average molecular weight is 448 g/mol. The summed E-state index contributed by atoms with van der Waals surface area (Å²) in [6.45, 7) is 1.14. The van der Waals surface area contributed by atoms with E-state index in [2.05, 4.69) is 15.7 Å². The van der Waals surface area contributed by atoms with Crippen molar-refractivity contribution in [3.8, 4) is 17.2 Å². The number of anilines is 2. The van der Waals surface area contributed by atoms with E-state index in [1.165, 1.54) is 6.07 Å². The van der Waals surface area contributed by atoms with Crippen LogP contribution in [-0.2, 0) is 12.7 Å². The lowest BCUT2D eigenvalue weighted by Gasteiger charge is -2.25. The first-order valence-corrected chi connectivity index (χ1v) is 9.59.